The van der Waals surface area contributed by atoms with Gasteiger partial charge in [-0.1, -0.05) is 44.5 Å². The van der Waals surface area contributed by atoms with Gasteiger partial charge >= 0.3 is 0 Å². The Bertz CT molecular complexity index is 288. The Hall–Kier alpha value is -0.780. The fourth-order valence-corrected chi connectivity index (χ4v) is 2.63. The van der Waals surface area contributed by atoms with Crippen LogP contribution >= 0.6 is 0 Å². The monoisotopic (exact) mass is 174 g/mol. The van der Waals surface area contributed by atoms with Crippen molar-refractivity contribution in [1.29, 1.82) is 0 Å². The van der Waals surface area contributed by atoms with E-state index < -0.39 is 0 Å². The second-order valence-electron chi connectivity index (χ2n) is 4.28. The molecule has 0 amide bonds. The van der Waals surface area contributed by atoms with Crippen LogP contribution in [0.25, 0.3) is 0 Å². The Morgan fingerprint density at radius 1 is 1.31 bits per heavy atom. The van der Waals surface area contributed by atoms with Crippen molar-refractivity contribution in [1.82, 2.24) is 0 Å². The van der Waals surface area contributed by atoms with Gasteiger partial charge in [0.05, 0.1) is 0 Å². The highest BCUT2D eigenvalue weighted by Gasteiger charge is 2.27. The van der Waals surface area contributed by atoms with E-state index in [9.17, 15) is 0 Å². The van der Waals surface area contributed by atoms with E-state index in [2.05, 4.69) is 38.1 Å². The first-order chi connectivity index (χ1) is 6.33. The summed E-state index contributed by atoms with van der Waals surface area (Å²) >= 11 is 0. The molecule has 0 bridgehead atoms. The molecule has 2 rings (SSSR count). The molecule has 0 N–H and O–H groups in total. The first kappa shape index (κ1) is 8.80. The second-order valence-corrected chi connectivity index (χ2v) is 4.28. The summed E-state index contributed by atoms with van der Waals surface area (Å²) < 4.78 is 0. The highest BCUT2D eigenvalue weighted by Crippen LogP contribution is 2.40. The van der Waals surface area contributed by atoms with Crippen molar-refractivity contribution in [2.24, 2.45) is 5.92 Å². The zero-order valence-corrected chi connectivity index (χ0v) is 8.59. The molecule has 1 aliphatic rings. The van der Waals surface area contributed by atoms with Gasteiger partial charge in [0.15, 0.2) is 0 Å². The normalized spacial score (nSPS) is 26.0. The van der Waals surface area contributed by atoms with Crippen molar-refractivity contribution < 1.29 is 0 Å². The molecule has 0 saturated heterocycles. The van der Waals surface area contributed by atoms with Crippen LogP contribution in [-0.2, 0) is 6.42 Å². The fourth-order valence-electron chi connectivity index (χ4n) is 2.63. The highest BCUT2D eigenvalue weighted by molar-refractivity contribution is 5.35. The summed E-state index contributed by atoms with van der Waals surface area (Å²) in [4.78, 5) is 0. The minimum absolute atomic E-state index is 0.834. The molecule has 1 aromatic carbocycles. The molecule has 0 aliphatic heterocycles. The molecule has 2 unspecified atom stereocenters. The molecule has 0 spiro atoms. The van der Waals surface area contributed by atoms with Gasteiger partial charge in [-0.25, -0.2) is 0 Å². The predicted molar refractivity (Wildman–Crippen MR) is 57.0 cm³/mol. The van der Waals surface area contributed by atoms with E-state index in [1.165, 1.54) is 19.3 Å². The quantitative estimate of drug-likeness (QED) is 0.640. The predicted octanol–water partition coefficient (Wildman–Crippen LogP) is 3.76. The molecule has 1 aromatic rings. The van der Waals surface area contributed by atoms with Crippen LogP contribution in [0.3, 0.4) is 0 Å². The first-order valence-corrected chi connectivity index (χ1v) is 5.40. The summed E-state index contributed by atoms with van der Waals surface area (Å²) in [5, 5.41) is 0. The van der Waals surface area contributed by atoms with Gasteiger partial charge in [0.25, 0.3) is 0 Å². The van der Waals surface area contributed by atoms with Gasteiger partial charge < -0.3 is 0 Å². The topological polar surface area (TPSA) is 0 Å². The minimum Gasteiger partial charge on any atom is -0.0654 e. The summed E-state index contributed by atoms with van der Waals surface area (Å²) in [6.07, 6.45) is 3.96. The lowest BCUT2D eigenvalue weighted by Crippen LogP contribution is -2.02. The van der Waals surface area contributed by atoms with Gasteiger partial charge in [0, 0.05) is 0 Å². The highest BCUT2D eigenvalue weighted by atomic mass is 14.3. The standard InChI is InChI=1S/C13H18/c1-3-6-12-10(2)9-11-7-4-5-8-13(11)12/h4-5,7-8,10,12H,3,6,9H2,1-2H3. The van der Waals surface area contributed by atoms with E-state index in [0.29, 0.717) is 0 Å². The van der Waals surface area contributed by atoms with Crippen molar-refractivity contribution in [2.75, 3.05) is 0 Å². The van der Waals surface area contributed by atoms with Crippen molar-refractivity contribution in [2.45, 2.75) is 39.0 Å². The molecule has 13 heavy (non-hydrogen) atoms. The molecular formula is C13H18. The molecule has 0 radical (unpaired) electrons. The summed E-state index contributed by atoms with van der Waals surface area (Å²) in [6, 6.07) is 8.96. The van der Waals surface area contributed by atoms with Crippen molar-refractivity contribution in [3.8, 4) is 0 Å². The molecule has 0 heteroatoms. The molecule has 0 aromatic heterocycles. The molecular weight excluding hydrogens is 156 g/mol. The SMILES string of the molecule is CCCC1c2ccccc2CC1C. The van der Waals surface area contributed by atoms with E-state index in [1.54, 1.807) is 11.1 Å². The Morgan fingerprint density at radius 3 is 2.85 bits per heavy atom. The maximum absolute atomic E-state index is 2.39. The average Bonchev–Trinajstić information content (AvgIpc) is 2.44. The van der Waals surface area contributed by atoms with Gasteiger partial charge in [0.2, 0.25) is 0 Å². The van der Waals surface area contributed by atoms with Gasteiger partial charge in [-0.15, -0.1) is 0 Å². The van der Waals surface area contributed by atoms with Crippen molar-refractivity contribution >= 4 is 0 Å². The number of benzene rings is 1. The van der Waals surface area contributed by atoms with Crippen LogP contribution in [0.4, 0.5) is 0 Å². The van der Waals surface area contributed by atoms with Crippen LogP contribution < -0.4 is 0 Å². The lowest BCUT2D eigenvalue weighted by molar-refractivity contribution is 0.466. The molecule has 0 saturated carbocycles. The largest absolute Gasteiger partial charge is 0.0654 e. The van der Waals surface area contributed by atoms with Gasteiger partial charge in [-0.3, -0.25) is 0 Å². The van der Waals surface area contributed by atoms with E-state index in [0.717, 1.165) is 11.8 Å². The number of hydrogen-bond donors (Lipinski definition) is 0. The average molecular weight is 174 g/mol. The van der Waals surface area contributed by atoms with Crippen molar-refractivity contribution in [3.63, 3.8) is 0 Å². The van der Waals surface area contributed by atoms with E-state index in [-0.39, 0.29) is 0 Å². The summed E-state index contributed by atoms with van der Waals surface area (Å²) in [5.41, 5.74) is 3.21. The smallest absolute Gasteiger partial charge is 0.0130 e. The van der Waals surface area contributed by atoms with Gasteiger partial charge in [0.1, 0.15) is 0 Å². The van der Waals surface area contributed by atoms with E-state index in [4.69, 9.17) is 0 Å². The van der Waals surface area contributed by atoms with Crippen LogP contribution in [0.2, 0.25) is 0 Å². The Morgan fingerprint density at radius 2 is 2.08 bits per heavy atom. The fraction of sp³-hybridized carbons (Fsp3) is 0.538. The molecule has 0 nitrogen and oxygen atoms in total. The summed E-state index contributed by atoms with van der Waals surface area (Å²) in [6.45, 7) is 4.67. The first-order valence-electron chi connectivity index (χ1n) is 5.40. The molecule has 1 aliphatic carbocycles. The van der Waals surface area contributed by atoms with Crippen LogP contribution in [0.5, 0.6) is 0 Å². The molecule has 0 fully saturated rings. The van der Waals surface area contributed by atoms with Crippen molar-refractivity contribution in [3.05, 3.63) is 35.4 Å². The maximum Gasteiger partial charge on any atom is -0.0130 e. The number of rotatable bonds is 2. The lowest BCUT2D eigenvalue weighted by Gasteiger charge is -2.15. The van der Waals surface area contributed by atoms with Crippen LogP contribution in [-0.4, -0.2) is 0 Å². The van der Waals surface area contributed by atoms with Gasteiger partial charge in [-0.2, -0.15) is 0 Å². The molecule has 70 valence electrons. The number of hydrogen-bond acceptors (Lipinski definition) is 0. The third-order valence-corrected chi connectivity index (χ3v) is 3.28. The Balaban J connectivity index is 2.29. The molecule has 2 atom stereocenters. The second kappa shape index (κ2) is 3.53. The van der Waals surface area contributed by atoms with Crippen LogP contribution in [0.1, 0.15) is 43.7 Å². The minimum atomic E-state index is 0.834. The van der Waals surface area contributed by atoms with Crippen LogP contribution in [0, 0.1) is 5.92 Å². The zero-order chi connectivity index (χ0) is 9.26. The summed E-state index contributed by atoms with van der Waals surface area (Å²) in [5.74, 6) is 1.69. The van der Waals surface area contributed by atoms with E-state index >= 15 is 0 Å². The summed E-state index contributed by atoms with van der Waals surface area (Å²) in [7, 11) is 0. The van der Waals surface area contributed by atoms with Gasteiger partial charge in [-0.05, 0) is 35.8 Å². The van der Waals surface area contributed by atoms with Crippen LogP contribution in [0.15, 0.2) is 24.3 Å². The Kier molecular flexibility index (Phi) is 2.39. The third-order valence-electron chi connectivity index (χ3n) is 3.28. The zero-order valence-electron chi connectivity index (χ0n) is 8.59. The van der Waals surface area contributed by atoms with E-state index in [1.807, 2.05) is 0 Å². The maximum atomic E-state index is 2.39. The Labute approximate surface area is 81.0 Å². The molecule has 0 heterocycles. The number of fused-ring (bicyclic) bond motifs is 1. The third kappa shape index (κ3) is 1.50. The lowest BCUT2D eigenvalue weighted by atomic mass is 9.90.